The van der Waals surface area contributed by atoms with Crippen molar-refractivity contribution in [2.75, 3.05) is 0 Å². The van der Waals surface area contributed by atoms with Gasteiger partial charge in [0.25, 0.3) is 5.91 Å². The van der Waals surface area contributed by atoms with Crippen LogP contribution in [0, 0.1) is 5.92 Å². The van der Waals surface area contributed by atoms with Crippen LogP contribution in [0.4, 0.5) is 0 Å². The summed E-state index contributed by atoms with van der Waals surface area (Å²) in [6.07, 6.45) is 1.77. The Morgan fingerprint density at radius 3 is 2.56 bits per heavy atom. The van der Waals surface area contributed by atoms with Crippen LogP contribution in [0.3, 0.4) is 0 Å². The van der Waals surface area contributed by atoms with E-state index in [0.717, 1.165) is 17.7 Å². The van der Waals surface area contributed by atoms with Crippen LogP contribution in [0.5, 0.6) is 0 Å². The van der Waals surface area contributed by atoms with Gasteiger partial charge in [-0.25, -0.2) is 4.79 Å². The fraction of sp³-hybridized carbons (Fsp3) is 0.538. The van der Waals surface area contributed by atoms with Crippen molar-refractivity contribution in [2.45, 2.75) is 38.6 Å². The van der Waals surface area contributed by atoms with Gasteiger partial charge in [0.15, 0.2) is 0 Å². The van der Waals surface area contributed by atoms with Crippen molar-refractivity contribution in [3.05, 3.63) is 21.9 Å². The molecule has 0 bridgehead atoms. The van der Waals surface area contributed by atoms with Gasteiger partial charge in [-0.05, 0) is 30.7 Å². The first-order valence-electron chi connectivity index (χ1n) is 6.11. The summed E-state index contributed by atoms with van der Waals surface area (Å²) in [6.45, 7) is 4.13. The summed E-state index contributed by atoms with van der Waals surface area (Å²) in [7, 11) is 0. The smallest absolute Gasteiger partial charge is 0.326 e. The van der Waals surface area contributed by atoms with Gasteiger partial charge in [-0.2, -0.15) is 0 Å². The number of thiophene rings is 1. The summed E-state index contributed by atoms with van der Waals surface area (Å²) >= 11 is 1.54. The molecule has 5 heteroatoms. The van der Waals surface area contributed by atoms with Crippen LogP contribution in [0.2, 0.25) is 0 Å². The SMILES string of the molecule is CC(C)c1cc(C(=O)N[C@H](C(=O)O)C2CC2)cs1. The fourth-order valence-corrected chi connectivity index (χ4v) is 2.72. The molecule has 1 aliphatic rings. The number of amides is 1. The molecule has 1 heterocycles. The third-order valence-electron chi connectivity index (χ3n) is 3.10. The standard InChI is InChI=1S/C13H17NO3S/c1-7(2)10-5-9(6-18-10)12(15)14-11(13(16)17)8-3-4-8/h5-8,11H,3-4H2,1-2H3,(H,14,15)(H,16,17)/t11-/m0/s1. The highest BCUT2D eigenvalue weighted by atomic mass is 32.1. The number of carboxylic acid groups (broad SMARTS) is 1. The van der Waals surface area contributed by atoms with Crippen LogP contribution in [0.15, 0.2) is 11.4 Å². The highest BCUT2D eigenvalue weighted by Crippen LogP contribution is 2.33. The summed E-state index contributed by atoms with van der Waals surface area (Å²) in [6, 6.07) is 1.11. The molecule has 98 valence electrons. The molecule has 0 aromatic carbocycles. The number of hydrogen-bond acceptors (Lipinski definition) is 3. The third kappa shape index (κ3) is 2.90. The van der Waals surface area contributed by atoms with E-state index in [2.05, 4.69) is 19.2 Å². The molecule has 0 aliphatic heterocycles. The third-order valence-corrected chi connectivity index (χ3v) is 4.33. The van der Waals surface area contributed by atoms with Crippen LogP contribution in [-0.4, -0.2) is 23.0 Å². The second-order valence-corrected chi connectivity index (χ2v) is 5.96. The van der Waals surface area contributed by atoms with E-state index in [-0.39, 0.29) is 11.8 Å². The minimum atomic E-state index is -0.940. The van der Waals surface area contributed by atoms with Crippen molar-refractivity contribution < 1.29 is 14.7 Å². The maximum atomic E-state index is 12.0. The molecule has 2 rings (SSSR count). The molecule has 0 unspecified atom stereocenters. The molecule has 1 aliphatic carbocycles. The second kappa shape index (κ2) is 5.10. The molecule has 1 aromatic heterocycles. The molecule has 1 aromatic rings. The minimum Gasteiger partial charge on any atom is -0.480 e. The lowest BCUT2D eigenvalue weighted by Crippen LogP contribution is -2.42. The molecule has 1 amide bonds. The number of aliphatic carboxylic acids is 1. The van der Waals surface area contributed by atoms with Gasteiger partial charge in [0, 0.05) is 10.3 Å². The van der Waals surface area contributed by atoms with Crippen LogP contribution in [0.25, 0.3) is 0 Å². The van der Waals surface area contributed by atoms with Gasteiger partial charge in [-0.3, -0.25) is 4.79 Å². The molecule has 0 spiro atoms. The van der Waals surface area contributed by atoms with Gasteiger partial charge >= 0.3 is 5.97 Å². The number of rotatable bonds is 5. The molecule has 1 fully saturated rings. The molecule has 4 nitrogen and oxygen atoms in total. The maximum absolute atomic E-state index is 12.0. The van der Waals surface area contributed by atoms with Gasteiger partial charge in [0.2, 0.25) is 0 Å². The molecule has 1 atom stereocenters. The highest BCUT2D eigenvalue weighted by molar-refractivity contribution is 7.10. The first-order chi connectivity index (χ1) is 8.49. The van der Waals surface area contributed by atoms with Crippen LogP contribution in [0.1, 0.15) is 47.8 Å². The topological polar surface area (TPSA) is 66.4 Å². The number of carbonyl (C=O) groups is 2. The van der Waals surface area contributed by atoms with Crippen LogP contribution >= 0.6 is 11.3 Å². The van der Waals surface area contributed by atoms with E-state index in [4.69, 9.17) is 5.11 Å². The highest BCUT2D eigenvalue weighted by Gasteiger charge is 2.37. The summed E-state index contributed by atoms with van der Waals surface area (Å²) in [5.74, 6) is -0.729. The summed E-state index contributed by atoms with van der Waals surface area (Å²) in [5.41, 5.74) is 0.565. The quantitative estimate of drug-likeness (QED) is 0.861. The zero-order chi connectivity index (χ0) is 13.3. The maximum Gasteiger partial charge on any atom is 0.326 e. The lowest BCUT2D eigenvalue weighted by atomic mass is 10.1. The molecular formula is C13H17NO3S. The van der Waals surface area contributed by atoms with Crippen molar-refractivity contribution in [1.82, 2.24) is 5.32 Å². The number of carboxylic acids is 1. The van der Waals surface area contributed by atoms with E-state index < -0.39 is 12.0 Å². The van der Waals surface area contributed by atoms with Gasteiger partial charge in [0.1, 0.15) is 6.04 Å². The Hall–Kier alpha value is -1.36. The fourth-order valence-electron chi connectivity index (χ4n) is 1.81. The van der Waals surface area contributed by atoms with Crippen molar-refractivity contribution >= 4 is 23.2 Å². The van der Waals surface area contributed by atoms with Crippen LogP contribution < -0.4 is 5.32 Å². The predicted octanol–water partition coefficient (Wildman–Crippen LogP) is 2.46. The molecule has 0 saturated heterocycles. The van der Waals surface area contributed by atoms with Crippen molar-refractivity contribution in [3.63, 3.8) is 0 Å². The minimum absolute atomic E-state index is 0.106. The Kier molecular flexibility index (Phi) is 3.71. The van der Waals surface area contributed by atoms with Gasteiger partial charge in [-0.1, -0.05) is 13.8 Å². The number of nitrogens with one attached hydrogen (secondary N) is 1. The second-order valence-electron chi connectivity index (χ2n) is 5.02. The van der Waals surface area contributed by atoms with Crippen molar-refractivity contribution in [3.8, 4) is 0 Å². The first-order valence-corrected chi connectivity index (χ1v) is 6.99. The average Bonchev–Trinajstić information content (AvgIpc) is 3.00. The summed E-state index contributed by atoms with van der Waals surface area (Å²) in [4.78, 5) is 24.1. The zero-order valence-electron chi connectivity index (χ0n) is 10.5. The van der Waals surface area contributed by atoms with E-state index >= 15 is 0 Å². The molecule has 2 N–H and O–H groups in total. The lowest BCUT2D eigenvalue weighted by Gasteiger charge is -2.12. The lowest BCUT2D eigenvalue weighted by molar-refractivity contribution is -0.139. The molecular weight excluding hydrogens is 250 g/mol. The van der Waals surface area contributed by atoms with E-state index in [1.54, 1.807) is 5.38 Å². The molecule has 18 heavy (non-hydrogen) atoms. The van der Waals surface area contributed by atoms with Gasteiger partial charge in [0.05, 0.1) is 5.56 Å². The normalized spacial score (nSPS) is 16.6. The largest absolute Gasteiger partial charge is 0.480 e. The first kappa shape index (κ1) is 13.1. The van der Waals surface area contributed by atoms with E-state index in [0.29, 0.717) is 11.5 Å². The summed E-state index contributed by atoms with van der Waals surface area (Å²) in [5, 5.41) is 13.5. The Balaban J connectivity index is 2.03. The Labute approximate surface area is 110 Å². The van der Waals surface area contributed by atoms with Gasteiger partial charge < -0.3 is 10.4 Å². The monoisotopic (exact) mass is 267 g/mol. The van der Waals surface area contributed by atoms with Crippen LogP contribution in [-0.2, 0) is 4.79 Å². The Morgan fingerprint density at radius 1 is 1.44 bits per heavy atom. The Morgan fingerprint density at radius 2 is 2.11 bits per heavy atom. The molecule has 1 saturated carbocycles. The average molecular weight is 267 g/mol. The van der Waals surface area contributed by atoms with E-state index in [1.165, 1.54) is 11.3 Å². The van der Waals surface area contributed by atoms with Gasteiger partial charge in [-0.15, -0.1) is 11.3 Å². The van der Waals surface area contributed by atoms with E-state index in [9.17, 15) is 9.59 Å². The predicted molar refractivity (Wildman–Crippen MR) is 70.0 cm³/mol. The number of carbonyl (C=O) groups excluding carboxylic acids is 1. The van der Waals surface area contributed by atoms with E-state index in [1.807, 2.05) is 6.07 Å². The molecule has 0 radical (unpaired) electrons. The number of hydrogen-bond donors (Lipinski definition) is 2. The Bertz CT molecular complexity index is 463. The van der Waals surface area contributed by atoms with Crippen molar-refractivity contribution in [2.24, 2.45) is 5.92 Å². The van der Waals surface area contributed by atoms with Crippen molar-refractivity contribution in [1.29, 1.82) is 0 Å². The summed E-state index contributed by atoms with van der Waals surface area (Å²) < 4.78 is 0. The zero-order valence-corrected chi connectivity index (χ0v) is 11.3.